The van der Waals surface area contributed by atoms with Crippen molar-refractivity contribution in [1.29, 1.82) is 0 Å². The molecule has 0 aromatic carbocycles. The molecule has 0 saturated carbocycles. The number of anilines is 1. The Kier molecular flexibility index (Phi) is 3.41. The second-order valence-electron chi connectivity index (χ2n) is 2.98. The smallest absolute Gasteiger partial charge is 0.347 e. The molecule has 0 saturated heterocycles. The number of aryl methyl sites for hydroxylation is 1. The second kappa shape index (κ2) is 4.39. The summed E-state index contributed by atoms with van der Waals surface area (Å²) in [6.07, 6.45) is 0. The van der Waals surface area contributed by atoms with Crippen LogP contribution in [0.3, 0.4) is 0 Å². The van der Waals surface area contributed by atoms with Crippen LogP contribution in [0.2, 0.25) is 0 Å². The van der Waals surface area contributed by atoms with Crippen LogP contribution in [-0.2, 0) is 4.79 Å². The van der Waals surface area contributed by atoms with Gasteiger partial charge in [0.25, 0.3) is 0 Å². The lowest BCUT2D eigenvalue weighted by Crippen LogP contribution is -2.27. The summed E-state index contributed by atoms with van der Waals surface area (Å²) in [4.78, 5) is 27.7. The van der Waals surface area contributed by atoms with Crippen molar-refractivity contribution in [2.75, 3.05) is 11.4 Å². The van der Waals surface area contributed by atoms with Crippen molar-refractivity contribution in [1.82, 2.24) is 4.98 Å². The predicted molar refractivity (Wildman–Crippen MR) is 57.5 cm³/mol. The summed E-state index contributed by atoms with van der Waals surface area (Å²) in [6.45, 7) is 5.36. The number of aromatic nitrogens is 1. The molecular weight excluding hydrogens is 216 g/mol. The monoisotopic (exact) mass is 228 g/mol. The SMILES string of the molecule is CCN(C(C)=O)c1nc(C)c(C(=O)O)s1. The standard InChI is InChI=1S/C9H12N2O3S/c1-4-11(6(3)12)9-10-5(2)7(15-9)8(13)14/h4H2,1-3H3,(H,13,14). The number of nitrogens with zero attached hydrogens (tertiary/aromatic N) is 2. The highest BCUT2D eigenvalue weighted by Crippen LogP contribution is 2.25. The third-order valence-electron chi connectivity index (χ3n) is 1.91. The third-order valence-corrected chi connectivity index (χ3v) is 3.08. The Balaban J connectivity index is 3.10. The molecule has 0 aliphatic rings. The Morgan fingerprint density at radius 3 is 2.47 bits per heavy atom. The first-order valence-corrected chi connectivity index (χ1v) is 5.27. The zero-order valence-corrected chi connectivity index (χ0v) is 9.59. The van der Waals surface area contributed by atoms with Crippen LogP contribution in [0, 0.1) is 6.92 Å². The van der Waals surface area contributed by atoms with Gasteiger partial charge in [-0.15, -0.1) is 0 Å². The van der Waals surface area contributed by atoms with E-state index >= 15 is 0 Å². The van der Waals surface area contributed by atoms with Crippen LogP contribution in [0.4, 0.5) is 5.13 Å². The molecule has 1 heterocycles. The van der Waals surface area contributed by atoms with Crippen molar-refractivity contribution in [3.8, 4) is 0 Å². The topological polar surface area (TPSA) is 70.5 Å². The summed E-state index contributed by atoms with van der Waals surface area (Å²) < 4.78 is 0. The number of amides is 1. The van der Waals surface area contributed by atoms with Crippen LogP contribution < -0.4 is 4.90 Å². The Hall–Kier alpha value is -1.43. The molecule has 0 unspecified atom stereocenters. The molecular formula is C9H12N2O3S. The van der Waals surface area contributed by atoms with Crippen LogP contribution in [0.5, 0.6) is 0 Å². The highest BCUT2D eigenvalue weighted by atomic mass is 32.1. The lowest BCUT2D eigenvalue weighted by atomic mass is 10.4. The lowest BCUT2D eigenvalue weighted by molar-refractivity contribution is -0.116. The van der Waals surface area contributed by atoms with Gasteiger partial charge >= 0.3 is 5.97 Å². The quantitative estimate of drug-likeness (QED) is 0.851. The number of aromatic carboxylic acids is 1. The van der Waals surface area contributed by atoms with Crippen LogP contribution in [0.1, 0.15) is 29.2 Å². The highest BCUT2D eigenvalue weighted by molar-refractivity contribution is 7.17. The molecule has 0 fully saturated rings. The maximum atomic E-state index is 11.2. The molecule has 6 heteroatoms. The normalized spacial score (nSPS) is 10.1. The van der Waals surface area contributed by atoms with Gasteiger partial charge in [0.2, 0.25) is 5.91 Å². The minimum Gasteiger partial charge on any atom is -0.477 e. The zero-order valence-electron chi connectivity index (χ0n) is 8.77. The van der Waals surface area contributed by atoms with E-state index in [4.69, 9.17) is 5.11 Å². The Morgan fingerprint density at radius 2 is 2.13 bits per heavy atom. The van der Waals surface area contributed by atoms with E-state index in [0.717, 1.165) is 11.3 Å². The van der Waals surface area contributed by atoms with Crippen LogP contribution >= 0.6 is 11.3 Å². The number of carboxylic acid groups (broad SMARTS) is 1. The minimum absolute atomic E-state index is 0.136. The summed E-state index contributed by atoms with van der Waals surface area (Å²) in [5, 5.41) is 9.28. The van der Waals surface area contributed by atoms with Crippen molar-refractivity contribution in [2.45, 2.75) is 20.8 Å². The van der Waals surface area contributed by atoms with Crippen LogP contribution in [0.25, 0.3) is 0 Å². The van der Waals surface area contributed by atoms with Crippen molar-refractivity contribution in [2.24, 2.45) is 0 Å². The largest absolute Gasteiger partial charge is 0.477 e. The van der Waals surface area contributed by atoms with E-state index in [1.165, 1.54) is 11.8 Å². The third kappa shape index (κ3) is 2.33. The summed E-state index contributed by atoms with van der Waals surface area (Å²) >= 11 is 1.02. The molecule has 82 valence electrons. The molecule has 0 radical (unpaired) electrons. The van der Waals surface area contributed by atoms with Gasteiger partial charge in [-0.3, -0.25) is 9.69 Å². The van der Waals surface area contributed by atoms with Gasteiger partial charge in [-0.2, -0.15) is 0 Å². The van der Waals surface area contributed by atoms with Crippen molar-refractivity contribution in [3.05, 3.63) is 10.6 Å². The van der Waals surface area contributed by atoms with Crippen LogP contribution in [-0.4, -0.2) is 28.5 Å². The highest BCUT2D eigenvalue weighted by Gasteiger charge is 2.19. The Labute approximate surface area is 91.4 Å². The first kappa shape index (κ1) is 11.6. The van der Waals surface area contributed by atoms with E-state index in [1.54, 1.807) is 6.92 Å². The first-order valence-electron chi connectivity index (χ1n) is 4.46. The van der Waals surface area contributed by atoms with Gasteiger partial charge in [0, 0.05) is 13.5 Å². The lowest BCUT2D eigenvalue weighted by Gasteiger charge is -2.14. The van der Waals surface area contributed by atoms with Crippen molar-refractivity contribution in [3.63, 3.8) is 0 Å². The van der Waals surface area contributed by atoms with E-state index < -0.39 is 5.97 Å². The Bertz CT molecular complexity index is 400. The van der Waals surface area contributed by atoms with Gasteiger partial charge in [0.15, 0.2) is 5.13 Å². The van der Waals surface area contributed by atoms with Gasteiger partial charge in [0.1, 0.15) is 4.88 Å². The summed E-state index contributed by atoms with van der Waals surface area (Å²) in [7, 11) is 0. The zero-order chi connectivity index (χ0) is 11.6. The molecule has 1 rings (SSSR count). The summed E-state index contributed by atoms with van der Waals surface area (Å²) in [5.74, 6) is -1.14. The second-order valence-corrected chi connectivity index (χ2v) is 3.96. The molecule has 15 heavy (non-hydrogen) atoms. The fraction of sp³-hybridized carbons (Fsp3) is 0.444. The molecule has 0 aliphatic carbocycles. The molecule has 0 spiro atoms. The number of carboxylic acids is 1. The fourth-order valence-corrected chi connectivity index (χ4v) is 2.20. The van der Waals surface area contributed by atoms with Crippen molar-refractivity contribution < 1.29 is 14.7 Å². The minimum atomic E-state index is -1.00. The van der Waals surface area contributed by atoms with Crippen molar-refractivity contribution >= 4 is 28.3 Å². The molecule has 1 aromatic rings. The number of rotatable bonds is 3. The maximum absolute atomic E-state index is 11.2. The average Bonchev–Trinajstić information content (AvgIpc) is 2.48. The molecule has 0 bridgehead atoms. The number of hydrogen-bond donors (Lipinski definition) is 1. The van der Waals surface area contributed by atoms with Gasteiger partial charge in [0.05, 0.1) is 5.69 Å². The predicted octanol–water partition coefficient (Wildman–Crippen LogP) is 1.52. The number of carbonyl (C=O) groups excluding carboxylic acids is 1. The Morgan fingerprint density at radius 1 is 1.53 bits per heavy atom. The molecule has 1 aromatic heterocycles. The number of thiazole rings is 1. The molecule has 1 amide bonds. The van der Waals surface area contributed by atoms with Gasteiger partial charge in [-0.25, -0.2) is 9.78 Å². The summed E-state index contributed by atoms with van der Waals surface area (Å²) in [6, 6.07) is 0. The maximum Gasteiger partial charge on any atom is 0.347 e. The van der Waals surface area contributed by atoms with Gasteiger partial charge in [-0.1, -0.05) is 11.3 Å². The van der Waals surface area contributed by atoms with E-state index in [2.05, 4.69) is 4.98 Å². The average molecular weight is 228 g/mol. The molecule has 0 aliphatic heterocycles. The number of carbonyl (C=O) groups is 2. The van der Waals surface area contributed by atoms with E-state index in [1.807, 2.05) is 6.92 Å². The fourth-order valence-electron chi connectivity index (χ4n) is 1.19. The van der Waals surface area contributed by atoms with E-state index in [0.29, 0.717) is 17.4 Å². The van der Waals surface area contributed by atoms with Crippen LogP contribution in [0.15, 0.2) is 0 Å². The van der Waals surface area contributed by atoms with E-state index in [9.17, 15) is 9.59 Å². The number of hydrogen-bond acceptors (Lipinski definition) is 4. The van der Waals surface area contributed by atoms with E-state index in [-0.39, 0.29) is 10.8 Å². The van der Waals surface area contributed by atoms with Gasteiger partial charge < -0.3 is 5.11 Å². The summed E-state index contributed by atoms with van der Waals surface area (Å²) in [5.41, 5.74) is 0.446. The first-order chi connectivity index (χ1) is 6.97. The molecule has 1 N–H and O–H groups in total. The van der Waals surface area contributed by atoms with Gasteiger partial charge in [-0.05, 0) is 13.8 Å². The molecule has 0 atom stereocenters. The molecule has 5 nitrogen and oxygen atoms in total.